The summed E-state index contributed by atoms with van der Waals surface area (Å²) in [6.07, 6.45) is -3.67. The van der Waals surface area contributed by atoms with Crippen LogP contribution in [0.5, 0.6) is 0 Å². The second-order valence-electron chi connectivity index (χ2n) is 8.73. The SMILES string of the molecule is CC1=C(C(=O)O)[C@@H](c2ccc(C#N)cc2CCNS(C)(=O)=O)n2c(n[nH]c2=O)N1c1cccc(C(F)(F)F)c1. The Hall–Kier alpha value is -4.42. The third-order valence-electron chi connectivity index (χ3n) is 6.13. The number of nitrogens with one attached hydrogen (secondary N) is 2. The van der Waals surface area contributed by atoms with Crippen LogP contribution >= 0.6 is 0 Å². The molecule has 1 aliphatic heterocycles. The molecule has 3 aromatic rings. The van der Waals surface area contributed by atoms with E-state index in [1.807, 2.05) is 6.07 Å². The highest BCUT2D eigenvalue weighted by Crippen LogP contribution is 2.43. The molecule has 2 heterocycles. The van der Waals surface area contributed by atoms with E-state index in [1.54, 1.807) is 0 Å². The van der Waals surface area contributed by atoms with Gasteiger partial charge in [-0.1, -0.05) is 12.1 Å². The molecule has 11 nitrogen and oxygen atoms in total. The molecule has 0 bridgehead atoms. The van der Waals surface area contributed by atoms with Gasteiger partial charge in [-0.15, -0.1) is 5.10 Å². The Bertz CT molecular complexity index is 1700. The summed E-state index contributed by atoms with van der Waals surface area (Å²) in [7, 11) is -3.55. The van der Waals surface area contributed by atoms with Gasteiger partial charge in [0.1, 0.15) is 6.04 Å². The molecule has 1 aliphatic rings. The number of nitriles is 1. The van der Waals surface area contributed by atoms with E-state index in [0.717, 1.165) is 33.9 Å². The largest absolute Gasteiger partial charge is 0.478 e. The summed E-state index contributed by atoms with van der Waals surface area (Å²) < 4.78 is 66.8. The van der Waals surface area contributed by atoms with E-state index < -0.39 is 39.5 Å². The van der Waals surface area contributed by atoms with Crippen LogP contribution in [0.3, 0.4) is 0 Å². The molecule has 15 heteroatoms. The highest BCUT2D eigenvalue weighted by Gasteiger charge is 2.40. The predicted octanol–water partition coefficient (Wildman–Crippen LogP) is 2.65. The number of alkyl halides is 3. The van der Waals surface area contributed by atoms with E-state index >= 15 is 0 Å². The fraction of sp³-hybridized carbons (Fsp3) is 0.250. The molecule has 0 saturated heterocycles. The van der Waals surface area contributed by atoms with Crippen molar-refractivity contribution in [1.29, 1.82) is 5.26 Å². The number of nitrogens with zero attached hydrogens (tertiary/aromatic N) is 4. The summed E-state index contributed by atoms with van der Waals surface area (Å²) in [5, 5.41) is 25.9. The molecular formula is C24H21F3N6O5S. The lowest BCUT2D eigenvalue weighted by atomic mass is 9.89. The molecular weight excluding hydrogens is 541 g/mol. The van der Waals surface area contributed by atoms with Crippen LogP contribution in [0.4, 0.5) is 24.8 Å². The van der Waals surface area contributed by atoms with E-state index in [-0.39, 0.29) is 47.0 Å². The van der Waals surface area contributed by atoms with E-state index in [2.05, 4.69) is 14.9 Å². The van der Waals surface area contributed by atoms with Crippen LogP contribution in [0.1, 0.15) is 35.2 Å². The maximum absolute atomic E-state index is 13.4. The first kappa shape index (κ1) is 27.6. The third-order valence-corrected chi connectivity index (χ3v) is 6.86. The standard InChI is InChI=1S/C24H21F3N6O5S/c1-13-19(21(34)35)20(18-7-6-14(12-28)10-15(18)8-9-29-39(2,37)38)33-22(30-31-23(33)36)32(13)17-5-3-4-16(11-17)24(25,26)27/h3-7,10-11,20,29H,8-9H2,1-2H3,(H,31,36)(H,34,35)/t20-/m1/s1. The Morgan fingerprint density at radius 1 is 1.26 bits per heavy atom. The van der Waals surface area contributed by atoms with Gasteiger partial charge < -0.3 is 5.11 Å². The molecule has 4 rings (SSSR count). The molecule has 1 atom stereocenters. The highest BCUT2D eigenvalue weighted by atomic mass is 32.2. The number of carboxylic acids is 1. The van der Waals surface area contributed by atoms with Gasteiger partial charge in [0, 0.05) is 17.9 Å². The summed E-state index contributed by atoms with van der Waals surface area (Å²) in [5.74, 6) is -1.60. The number of rotatable bonds is 7. The maximum atomic E-state index is 13.4. The van der Waals surface area contributed by atoms with Crippen molar-refractivity contribution in [2.24, 2.45) is 0 Å². The van der Waals surface area contributed by atoms with Crippen LogP contribution in [0.2, 0.25) is 0 Å². The van der Waals surface area contributed by atoms with Crippen LogP contribution in [0, 0.1) is 11.3 Å². The number of halogens is 3. The number of carbonyl (C=O) groups is 1. The number of aromatic amines is 1. The zero-order valence-corrected chi connectivity index (χ0v) is 21.3. The van der Waals surface area contributed by atoms with Gasteiger partial charge in [-0.25, -0.2) is 32.4 Å². The number of fused-ring (bicyclic) bond motifs is 1. The molecule has 0 radical (unpaired) electrons. The minimum absolute atomic E-state index is 0.00268. The maximum Gasteiger partial charge on any atom is 0.416 e. The number of hydrogen-bond acceptors (Lipinski definition) is 7. The topological polar surface area (TPSA) is 161 Å². The molecule has 0 unspecified atom stereocenters. The number of aliphatic carboxylic acids is 1. The quantitative estimate of drug-likeness (QED) is 0.396. The van der Waals surface area contributed by atoms with Crippen LogP contribution in [-0.2, 0) is 27.4 Å². The lowest BCUT2D eigenvalue weighted by Crippen LogP contribution is -2.38. The van der Waals surface area contributed by atoms with Crippen LogP contribution < -0.4 is 15.3 Å². The average Bonchev–Trinajstić information content (AvgIpc) is 3.22. The Morgan fingerprint density at radius 3 is 2.59 bits per heavy atom. The van der Waals surface area contributed by atoms with Crippen LogP contribution in [-0.4, -0.2) is 47.1 Å². The Balaban J connectivity index is 1.95. The molecule has 2 aromatic carbocycles. The van der Waals surface area contributed by atoms with Gasteiger partial charge >= 0.3 is 17.8 Å². The molecule has 0 spiro atoms. The molecule has 0 saturated carbocycles. The number of anilines is 2. The lowest BCUT2D eigenvalue weighted by molar-refractivity contribution is -0.137. The zero-order chi connectivity index (χ0) is 28.7. The van der Waals surface area contributed by atoms with Gasteiger partial charge in [-0.3, -0.25) is 4.90 Å². The Labute approximate surface area is 219 Å². The number of sulfonamides is 1. The van der Waals surface area contributed by atoms with Crippen molar-refractivity contribution in [2.45, 2.75) is 25.6 Å². The minimum Gasteiger partial charge on any atom is -0.478 e. The van der Waals surface area contributed by atoms with E-state index in [1.165, 1.54) is 31.2 Å². The minimum atomic E-state index is -4.68. The second kappa shape index (κ2) is 10.0. The summed E-state index contributed by atoms with van der Waals surface area (Å²) in [6, 6.07) is 9.15. The second-order valence-corrected chi connectivity index (χ2v) is 10.6. The highest BCUT2D eigenvalue weighted by molar-refractivity contribution is 7.88. The van der Waals surface area contributed by atoms with E-state index in [9.17, 15) is 41.5 Å². The molecule has 0 fully saturated rings. The lowest BCUT2D eigenvalue weighted by Gasteiger charge is -2.35. The first-order valence-corrected chi connectivity index (χ1v) is 13.2. The van der Waals surface area contributed by atoms with E-state index in [0.29, 0.717) is 5.56 Å². The fourth-order valence-electron chi connectivity index (χ4n) is 4.51. The van der Waals surface area contributed by atoms with Gasteiger partial charge in [-0.05, 0) is 54.8 Å². The molecule has 3 N–H and O–H groups in total. The van der Waals surface area contributed by atoms with Crippen molar-refractivity contribution in [3.63, 3.8) is 0 Å². The number of allylic oxidation sites excluding steroid dienone is 1. The monoisotopic (exact) mass is 562 g/mol. The van der Waals surface area contributed by atoms with Crippen molar-refractivity contribution in [3.05, 3.63) is 86.5 Å². The molecule has 39 heavy (non-hydrogen) atoms. The van der Waals surface area contributed by atoms with Crippen LogP contribution in [0.25, 0.3) is 0 Å². The normalized spacial score (nSPS) is 15.7. The van der Waals surface area contributed by atoms with Gasteiger partial charge in [0.2, 0.25) is 16.0 Å². The van der Waals surface area contributed by atoms with Gasteiger partial charge in [0.05, 0.1) is 29.0 Å². The van der Waals surface area contributed by atoms with Crippen molar-refractivity contribution in [2.75, 3.05) is 17.7 Å². The van der Waals surface area contributed by atoms with Gasteiger partial charge in [0.25, 0.3) is 0 Å². The predicted molar refractivity (Wildman–Crippen MR) is 133 cm³/mol. The summed E-state index contributed by atoms with van der Waals surface area (Å²) >= 11 is 0. The number of carboxylic acid groups (broad SMARTS) is 1. The number of benzene rings is 2. The van der Waals surface area contributed by atoms with Crippen molar-refractivity contribution in [3.8, 4) is 6.07 Å². The van der Waals surface area contributed by atoms with Crippen LogP contribution in [0.15, 0.2) is 58.5 Å². The summed E-state index contributed by atoms with van der Waals surface area (Å²) in [5.41, 5.74) is -1.34. The van der Waals surface area contributed by atoms with Gasteiger partial charge in [-0.2, -0.15) is 18.4 Å². The first-order valence-electron chi connectivity index (χ1n) is 11.3. The Kier molecular flexibility index (Phi) is 7.11. The van der Waals surface area contributed by atoms with Crippen molar-refractivity contribution < 1.29 is 31.5 Å². The molecule has 1 aromatic heterocycles. The number of H-pyrrole nitrogens is 1. The summed E-state index contributed by atoms with van der Waals surface area (Å²) in [6.45, 7) is 1.30. The Morgan fingerprint density at radius 2 is 1.97 bits per heavy atom. The van der Waals surface area contributed by atoms with Gasteiger partial charge in [0.15, 0.2) is 0 Å². The first-order chi connectivity index (χ1) is 18.2. The van der Waals surface area contributed by atoms with E-state index in [4.69, 9.17) is 0 Å². The molecule has 0 aliphatic carbocycles. The fourth-order valence-corrected chi connectivity index (χ4v) is 4.98. The summed E-state index contributed by atoms with van der Waals surface area (Å²) in [4.78, 5) is 26.7. The number of aromatic nitrogens is 3. The zero-order valence-electron chi connectivity index (χ0n) is 20.4. The molecule has 204 valence electrons. The average molecular weight is 563 g/mol. The van der Waals surface area contributed by atoms with Crippen molar-refractivity contribution >= 4 is 27.6 Å². The third kappa shape index (κ3) is 5.42. The van der Waals surface area contributed by atoms with Crippen molar-refractivity contribution in [1.82, 2.24) is 19.5 Å². The smallest absolute Gasteiger partial charge is 0.416 e. The number of hydrogen-bond donors (Lipinski definition) is 3. The molecule has 0 amide bonds.